The van der Waals surface area contributed by atoms with Crippen LogP contribution in [0.3, 0.4) is 0 Å². The summed E-state index contributed by atoms with van der Waals surface area (Å²) < 4.78 is 5.41. The van der Waals surface area contributed by atoms with Crippen LogP contribution in [0, 0.1) is 0 Å². The second-order valence-corrected chi connectivity index (χ2v) is 4.29. The monoisotopic (exact) mass is 228 g/mol. The Balaban J connectivity index is 2.04. The lowest BCUT2D eigenvalue weighted by molar-refractivity contribution is 0.0923. The van der Waals surface area contributed by atoms with Crippen LogP contribution in [0.25, 0.3) is 0 Å². The molecule has 17 heavy (non-hydrogen) atoms. The number of carbonyl (C=O) groups is 1. The van der Waals surface area contributed by atoms with E-state index in [0.717, 1.165) is 5.69 Å². The summed E-state index contributed by atoms with van der Waals surface area (Å²) in [7, 11) is 0. The van der Waals surface area contributed by atoms with E-state index in [1.54, 1.807) is 17.2 Å². The van der Waals surface area contributed by atoms with E-state index in [1.165, 1.54) is 0 Å². The third-order valence-electron chi connectivity index (χ3n) is 3.04. The van der Waals surface area contributed by atoms with Crippen molar-refractivity contribution in [3.8, 4) is 0 Å². The van der Waals surface area contributed by atoms with Gasteiger partial charge in [-0.2, -0.15) is 0 Å². The van der Waals surface area contributed by atoms with Crippen LogP contribution in [0.2, 0.25) is 0 Å². The molecule has 2 aliphatic rings. The number of aliphatic imine (C=N–C) groups is 1. The van der Waals surface area contributed by atoms with Gasteiger partial charge >= 0.3 is 6.09 Å². The first-order valence-corrected chi connectivity index (χ1v) is 5.49. The number of hydrogen-bond acceptors (Lipinski definition) is 3. The number of amides is 1. The minimum absolute atomic E-state index is 0.317. The molecule has 2 heterocycles. The number of rotatable bonds is 1. The van der Waals surface area contributed by atoms with Crippen LogP contribution in [-0.4, -0.2) is 24.1 Å². The summed E-state index contributed by atoms with van der Waals surface area (Å²) in [6.07, 6.45) is 4.70. The Bertz CT molecular complexity index is 509. The lowest BCUT2D eigenvalue weighted by Gasteiger charge is -2.27. The molecule has 0 saturated carbocycles. The number of hydrogen-bond donors (Lipinski definition) is 0. The molecule has 0 aliphatic carbocycles. The van der Waals surface area contributed by atoms with Crippen LogP contribution in [-0.2, 0) is 4.74 Å². The molecule has 0 radical (unpaired) electrons. The highest BCUT2D eigenvalue weighted by Gasteiger charge is 2.50. The van der Waals surface area contributed by atoms with Gasteiger partial charge in [0.2, 0.25) is 0 Å². The fourth-order valence-electron chi connectivity index (χ4n) is 2.18. The van der Waals surface area contributed by atoms with E-state index in [4.69, 9.17) is 4.74 Å². The number of para-hydroxylation sites is 1. The minimum atomic E-state index is -0.665. The van der Waals surface area contributed by atoms with E-state index >= 15 is 0 Å². The fourth-order valence-corrected chi connectivity index (χ4v) is 2.18. The highest BCUT2D eigenvalue weighted by Crippen LogP contribution is 2.36. The van der Waals surface area contributed by atoms with Crippen molar-refractivity contribution in [2.45, 2.75) is 18.7 Å². The predicted octanol–water partition coefficient (Wildman–Crippen LogP) is 2.37. The molecule has 2 aliphatic heterocycles. The standard InChI is InChI=1S/C13H12N2O2/c1-13-8-5-9-14-11(13)15(12(16)17-13)10-6-3-2-4-7-10/h2-9,11H,1H3. The molecule has 1 saturated heterocycles. The van der Waals surface area contributed by atoms with Crippen molar-refractivity contribution in [3.05, 3.63) is 42.5 Å². The van der Waals surface area contributed by atoms with Crippen LogP contribution in [0.4, 0.5) is 10.5 Å². The highest BCUT2D eigenvalue weighted by atomic mass is 16.6. The SMILES string of the molecule is CC12C=CC=NC1N(c1ccccc1)C(=O)O2. The molecule has 3 rings (SSSR count). The first kappa shape index (κ1) is 10.1. The van der Waals surface area contributed by atoms with Gasteiger partial charge < -0.3 is 4.74 Å². The fraction of sp³-hybridized carbons (Fsp3) is 0.231. The minimum Gasteiger partial charge on any atom is -0.434 e. The molecular weight excluding hydrogens is 216 g/mol. The maximum atomic E-state index is 11.9. The molecule has 1 amide bonds. The molecule has 4 heteroatoms. The van der Waals surface area contributed by atoms with Crippen molar-refractivity contribution >= 4 is 18.0 Å². The van der Waals surface area contributed by atoms with Gasteiger partial charge in [-0.25, -0.2) is 4.79 Å². The van der Waals surface area contributed by atoms with E-state index in [0.29, 0.717) is 0 Å². The van der Waals surface area contributed by atoms with Crippen LogP contribution < -0.4 is 4.90 Å². The van der Waals surface area contributed by atoms with Gasteiger partial charge in [-0.05, 0) is 31.2 Å². The van der Waals surface area contributed by atoms with Crippen molar-refractivity contribution in [2.24, 2.45) is 4.99 Å². The first-order valence-electron chi connectivity index (χ1n) is 5.49. The number of carbonyl (C=O) groups excluding carboxylic acids is 1. The summed E-state index contributed by atoms with van der Waals surface area (Å²) in [6, 6.07) is 9.44. The summed E-state index contributed by atoms with van der Waals surface area (Å²) in [5.74, 6) is 0. The second-order valence-electron chi connectivity index (χ2n) is 4.29. The van der Waals surface area contributed by atoms with E-state index in [-0.39, 0.29) is 12.3 Å². The molecule has 1 aromatic carbocycles. The number of dihydropyridines is 1. The largest absolute Gasteiger partial charge is 0.434 e. The lowest BCUT2D eigenvalue weighted by Crippen LogP contribution is -2.42. The van der Waals surface area contributed by atoms with Gasteiger partial charge in [0.15, 0.2) is 11.8 Å². The molecule has 1 fully saturated rings. The third-order valence-corrected chi connectivity index (χ3v) is 3.04. The Kier molecular flexibility index (Phi) is 2.04. The Labute approximate surface area is 99.2 Å². The summed E-state index contributed by atoms with van der Waals surface area (Å²) >= 11 is 0. The maximum Gasteiger partial charge on any atom is 0.417 e. The van der Waals surface area contributed by atoms with Gasteiger partial charge in [0, 0.05) is 11.9 Å². The van der Waals surface area contributed by atoms with Gasteiger partial charge in [-0.1, -0.05) is 18.2 Å². The normalized spacial score (nSPS) is 30.3. The number of ether oxygens (including phenoxy) is 1. The highest BCUT2D eigenvalue weighted by molar-refractivity contribution is 5.93. The Morgan fingerprint density at radius 1 is 1.35 bits per heavy atom. The van der Waals surface area contributed by atoms with Gasteiger partial charge in [0.1, 0.15) is 0 Å². The average molecular weight is 228 g/mol. The first-order chi connectivity index (χ1) is 8.21. The summed E-state index contributed by atoms with van der Waals surface area (Å²) in [4.78, 5) is 17.9. The van der Waals surface area contributed by atoms with E-state index in [1.807, 2.05) is 43.3 Å². The second kappa shape index (κ2) is 3.45. The number of fused-ring (bicyclic) bond motifs is 1. The number of benzene rings is 1. The van der Waals surface area contributed by atoms with Crippen molar-refractivity contribution in [1.82, 2.24) is 0 Å². The zero-order valence-electron chi connectivity index (χ0n) is 9.41. The molecule has 0 spiro atoms. The van der Waals surface area contributed by atoms with Crippen molar-refractivity contribution in [3.63, 3.8) is 0 Å². The van der Waals surface area contributed by atoms with Crippen LogP contribution in [0.15, 0.2) is 47.5 Å². The molecule has 0 aromatic heterocycles. The third kappa shape index (κ3) is 1.45. The Morgan fingerprint density at radius 2 is 2.12 bits per heavy atom. The van der Waals surface area contributed by atoms with Gasteiger partial charge in [0.05, 0.1) is 0 Å². The summed E-state index contributed by atoms with van der Waals surface area (Å²) in [5, 5.41) is 0. The van der Waals surface area contributed by atoms with Gasteiger partial charge in [0.25, 0.3) is 0 Å². The smallest absolute Gasteiger partial charge is 0.417 e. The zero-order chi connectivity index (χ0) is 11.9. The lowest BCUT2D eigenvalue weighted by atomic mass is 10.0. The Morgan fingerprint density at radius 3 is 2.88 bits per heavy atom. The van der Waals surface area contributed by atoms with E-state index in [9.17, 15) is 4.79 Å². The zero-order valence-corrected chi connectivity index (χ0v) is 9.41. The van der Waals surface area contributed by atoms with Crippen molar-refractivity contribution in [1.29, 1.82) is 0 Å². The Hall–Kier alpha value is -2.10. The summed E-state index contributed by atoms with van der Waals surface area (Å²) in [6.45, 7) is 1.87. The van der Waals surface area contributed by atoms with Crippen LogP contribution in [0.5, 0.6) is 0 Å². The predicted molar refractivity (Wildman–Crippen MR) is 65.2 cm³/mol. The van der Waals surface area contributed by atoms with Crippen molar-refractivity contribution in [2.75, 3.05) is 4.90 Å². The number of nitrogens with zero attached hydrogens (tertiary/aromatic N) is 2. The number of allylic oxidation sites excluding steroid dienone is 1. The quantitative estimate of drug-likeness (QED) is 0.740. The van der Waals surface area contributed by atoms with E-state index < -0.39 is 5.60 Å². The molecule has 2 atom stereocenters. The molecule has 4 nitrogen and oxygen atoms in total. The van der Waals surface area contributed by atoms with Gasteiger partial charge in [-0.3, -0.25) is 9.89 Å². The maximum absolute atomic E-state index is 11.9. The van der Waals surface area contributed by atoms with Crippen LogP contribution in [0.1, 0.15) is 6.92 Å². The molecule has 0 N–H and O–H groups in total. The number of anilines is 1. The topological polar surface area (TPSA) is 41.9 Å². The molecule has 0 bridgehead atoms. The molecule has 1 aromatic rings. The average Bonchev–Trinajstić information content (AvgIpc) is 2.60. The van der Waals surface area contributed by atoms with E-state index in [2.05, 4.69) is 4.99 Å². The van der Waals surface area contributed by atoms with Crippen LogP contribution >= 0.6 is 0 Å². The summed E-state index contributed by atoms with van der Waals surface area (Å²) in [5.41, 5.74) is 0.139. The van der Waals surface area contributed by atoms with Crippen molar-refractivity contribution < 1.29 is 9.53 Å². The van der Waals surface area contributed by atoms with Gasteiger partial charge in [-0.15, -0.1) is 0 Å². The molecule has 86 valence electrons. The molecule has 2 unspecified atom stereocenters. The molecular formula is C13H12N2O2.